The second-order valence-corrected chi connectivity index (χ2v) is 9.75. The summed E-state index contributed by atoms with van der Waals surface area (Å²) in [4.78, 5) is 45.6. The van der Waals surface area contributed by atoms with Crippen molar-refractivity contribution in [3.63, 3.8) is 0 Å². The number of aliphatic hydroxyl groups excluding tert-OH is 1. The van der Waals surface area contributed by atoms with Crippen LogP contribution in [0.25, 0.3) is 10.9 Å². The van der Waals surface area contributed by atoms with E-state index in [4.69, 9.17) is 44.3 Å². The number of rotatable bonds is 11. The summed E-state index contributed by atoms with van der Waals surface area (Å²) in [6, 6.07) is 10.3. The summed E-state index contributed by atoms with van der Waals surface area (Å²) >= 11 is 0. The topological polar surface area (TPSA) is 222 Å². The standard InChI is InChI=1S/C25H36N4O2.2C2H2O4/c1-3-4-5-6-7-14-29-16-15-28(18-20(29)10-12-26)19-25(30)22-11-13-27-24-9-8-21(31-2)17-23(22)24;2*3-1(4)2(5)6/h8-9,11,13,17,20,25,30H,3-7,10,14-16,18-19H2,1-2H3;2*(H,3,4)(H,5,6)/t20-,25+;;/m1../s1. The highest BCUT2D eigenvalue weighted by molar-refractivity contribution is 6.27. The smallest absolute Gasteiger partial charge is 0.414 e. The van der Waals surface area contributed by atoms with Gasteiger partial charge in [-0.05, 0) is 42.8 Å². The Hall–Kier alpha value is -4.32. The Balaban J connectivity index is 0.000000649. The van der Waals surface area contributed by atoms with Crippen LogP contribution < -0.4 is 4.74 Å². The number of hydrogen-bond donors (Lipinski definition) is 5. The Morgan fingerprint density at radius 1 is 1.00 bits per heavy atom. The van der Waals surface area contributed by atoms with E-state index < -0.39 is 30.0 Å². The third kappa shape index (κ3) is 13.5. The van der Waals surface area contributed by atoms with Crippen LogP contribution in [0, 0.1) is 11.3 Å². The van der Waals surface area contributed by atoms with Gasteiger partial charge in [-0.1, -0.05) is 32.6 Å². The average molecular weight is 605 g/mol. The molecule has 2 atom stereocenters. The molecule has 1 fully saturated rings. The van der Waals surface area contributed by atoms with Gasteiger partial charge in [0.2, 0.25) is 0 Å². The Bertz CT molecular complexity index is 1200. The van der Waals surface area contributed by atoms with Crippen molar-refractivity contribution in [3.8, 4) is 11.8 Å². The van der Waals surface area contributed by atoms with Gasteiger partial charge < -0.3 is 30.3 Å². The number of hydrogen-bond acceptors (Lipinski definition) is 10. The lowest BCUT2D eigenvalue weighted by molar-refractivity contribution is -0.159. The number of nitriles is 1. The zero-order valence-corrected chi connectivity index (χ0v) is 24.4. The summed E-state index contributed by atoms with van der Waals surface area (Å²) in [5, 5.41) is 50.9. The number of carbonyl (C=O) groups is 4. The molecule has 0 amide bonds. The van der Waals surface area contributed by atoms with Crippen LogP contribution in [0.1, 0.15) is 57.1 Å². The fourth-order valence-corrected chi connectivity index (χ4v) is 4.54. The van der Waals surface area contributed by atoms with Crippen molar-refractivity contribution < 1.29 is 49.4 Å². The van der Waals surface area contributed by atoms with Crippen LogP contribution in [-0.4, -0.2) is 110 Å². The largest absolute Gasteiger partial charge is 0.497 e. The van der Waals surface area contributed by atoms with Crippen LogP contribution >= 0.6 is 0 Å². The molecule has 1 aliphatic rings. The number of piperazine rings is 1. The number of aromatic nitrogens is 1. The van der Waals surface area contributed by atoms with Gasteiger partial charge in [-0.25, -0.2) is 19.2 Å². The predicted octanol–water partition coefficient (Wildman–Crippen LogP) is 2.46. The molecule has 14 heteroatoms. The molecular weight excluding hydrogens is 564 g/mol. The molecule has 1 saturated heterocycles. The number of carboxylic acids is 4. The number of aliphatic hydroxyl groups is 1. The molecular formula is C29H40N4O10. The van der Waals surface area contributed by atoms with Gasteiger partial charge in [0.05, 0.1) is 31.2 Å². The third-order valence-electron chi connectivity index (χ3n) is 6.70. The van der Waals surface area contributed by atoms with Crippen molar-refractivity contribution in [2.75, 3.05) is 39.8 Å². The second kappa shape index (κ2) is 19.7. The number of nitrogens with zero attached hydrogens (tertiary/aromatic N) is 4. The summed E-state index contributed by atoms with van der Waals surface area (Å²) in [6.45, 7) is 6.57. The number of carboxylic acid groups (broad SMARTS) is 4. The van der Waals surface area contributed by atoms with Crippen LogP contribution in [0.4, 0.5) is 0 Å². The maximum atomic E-state index is 11.1. The van der Waals surface area contributed by atoms with E-state index in [1.165, 1.54) is 32.1 Å². The Kier molecular flexibility index (Phi) is 16.8. The number of β-amino-alcohol motifs (C(OH)–C–C–N with tert-alkyl or cyclic N) is 1. The number of ether oxygens (including phenoxy) is 1. The maximum Gasteiger partial charge on any atom is 0.414 e. The van der Waals surface area contributed by atoms with E-state index in [1.54, 1.807) is 13.3 Å². The Morgan fingerprint density at radius 2 is 1.63 bits per heavy atom. The molecule has 1 aromatic heterocycles. The van der Waals surface area contributed by atoms with Gasteiger partial charge in [-0.3, -0.25) is 14.8 Å². The molecule has 0 unspecified atom stereocenters. The van der Waals surface area contributed by atoms with Gasteiger partial charge in [-0.2, -0.15) is 5.26 Å². The molecule has 0 spiro atoms. The molecule has 0 radical (unpaired) electrons. The van der Waals surface area contributed by atoms with Crippen LogP contribution in [0.3, 0.4) is 0 Å². The van der Waals surface area contributed by atoms with E-state index >= 15 is 0 Å². The van der Waals surface area contributed by atoms with Crippen molar-refractivity contribution >= 4 is 34.8 Å². The number of benzene rings is 1. The highest BCUT2D eigenvalue weighted by Crippen LogP contribution is 2.28. The average Bonchev–Trinajstić information content (AvgIpc) is 2.98. The summed E-state index contributed by atoms with van der Waals surface area (Å²) in [5.74, 6) is -6.54. The lowest BCUT2D eigenvalue weighted by atomic mass is 10.0. The highest BCUT2D eigenvalue weighted by Gasteiger charge is 2.28. The first-order valence-corrected chi connectivity index (χ1v) is 13.8. The number of unbranched alkanes of at least 4 members (excludes halogenated alkanes) is 4. The van der Waals surface area contributed by atoms with Crippen molar-refractivity contribution in [2.45, 2.75) is 57.6 Å². The van der Waals surface area contributed by atoms with E-state index in [0.717, 1.165) is 48.4 Å². The molecule has 2 heterocycles. The van der Waals surface area contributed by atoms with Crippen molar-refractivity contribution in [1.82, 2.24) is 14.8 Å². The van der Waals surface area contributed by atoms with Crippen LogP contribution in [0.5, 0.6) is 5.75 Å². The first-order chi connectivity index (χ1) is 20.4. The van der Waals surface area contributed by atoms with Gasteiger partial charge in [0.25, 0.3) is 0 Å². The summed E-state index contributed by atoms with van der Waals surface area (Å²) in [5.41, 5.74) is 1.73. The SMILES string of the molecule is CCCCCCCN1CCN(C[C@H](O)c2ccnc3ccc(OC)cc23)C[C@H]1CC#N.O=C(O)C(=O)O.O=C(O)C(=O)O. The zero-order chi connectivity index (χ0) is 32.4. The minimum atomic E-state index is -1.82. The van der Waals surface area contributed by atoms with E-state index in [2.05, 4.69) is 27.8 Å². The molecule has 3 rings (SSSR count). The normalized spacial score (nSPS) is 15.5. The molecule has 1 aliphatic heterocycles. The molecule has 0 bridgehead atoms. The van der Waals surface area contributed by atoms with Crippen LogP contribution in [0.15, 0.2) is 30.5 Å². The summed E-state index contributed by atoms with van der Waals surface area (Å²) in [7, 11) is 1.65. The van der Waals surface area contributed by atoms with Gasteiger partial charge in [0, 0.05) is 43.8 Å². The number of methoxy groups -OCH3 is 1. The fraction of sp³-hybridized carbons (Fsp3) is 0.517. The minimum absolute atomic E-state index is 0.242. The molecule has 14 nitrogen and oxygen atoms in total. The monoisotopic (exact) mass is 604 g/mol. The van der Waals surface area contributed by atoms with Gasteiger partial charge in [0.1, 0.15) is 5.75 Å². The highest BCUT2D eigenvalue weighted by atomic mass is 16.5. The minimum Gasteiger partial charge on any atom is -0.497 e. The van der Waals surface area contributed by atoms with Crippen molar-refractivity contribution in [2.24, 2.45) is 0 Å². The Labute approximate surface area is 249 Å². The summed E-state index contributed by atoms with van der Waals surface area (Å²) < 4.78 is 5.36. The first-order valence-electron chi connectivity index (χ1n) is 13.8. The molecule has 0 aliphatic carbocycles. The number of pyridine rings is 1. The van der Waals surface area contributed by atoms with Crippen molar-refractivity contribution in [1.29, 1.82) is 5.26 Å². The van der Waals surface area contributed by atoms with E-state index in [-0.39, 0.29) is 6.04 Å². The quantitative estimate of drug-likeness (QED) is 0.184. The molecule has 0 saturated carbocycles. The van der Waals surface area contributed by atoms with E-state index in [1.807, 2.05) is 24.3 Å². The molecule has 43 heavy (non-hydrogen) atoms. The predicted molar refractivity (Wildman–Crippen MR) is 155 cm³/mol. The van der Waals surface area contributed by atoms with Crippen LogP contribution in [0.2, 0.25) is 0 Å². The molecule has 1 aromatic carbocycles. The number of aliphatic carboxylic acids is 4. The van der Waals surface area contributed by atoms with Gasteiger partial charge in [-0.15, -0.1) is 0 Å². The lowest BCUT2D eigenvalue weighted by Crippen LogP contribution is -2.53. The summed E-state index contributed by atoms with van der Waals surface area (Å²) in [6.07, 6.45) is 8.02. The molecule has 5 N–H and O–H groups in total. The van der Waals surface area contributed by atoms with E-state index in [0.29, 0.717) is 13.0 Å². The van der Waals surface area contributed by atoms with E-state index in [9.17, 15) is 10.4 Å². The first kappa shape index (κ1) is 36.7. The lowest BCUT2D eigenvalue weighted by Gasteiger charge is -2.41. The zero-order valence-electron chi connectivity index (χ0n) is 24.4. The van der Waals surface area contributed by atoms with Crippen molar-refractivity contribution in [3.05, 3.63) is 36.0 Å². The number of fused-ring (bicyclic) bond motifs is 1. The third-order valence-corrected chi connectivity index (χ3v) is 6.70. The van der Waals surface area contributed by atoms with Gasteiger partial charge in [0.15, 0.2) is 0 Å². The Morgan fingerprint density at radius 3 is 2.19 bits per heavy atom. The second-order valence-electron chi connectivity index (χ2n) is 9.75. The fourth-order valence-electron chi connectivity index (χ4n) is 4.54. The molecule has 2 aromatic rings. The molecule has 236 valence electrons. The maximum absolute atomic E-state index is 11.1. The van der Waals surface area contributed by atoms with Crippen LogP contribution in [-0.2, 0) is 19.2 Å². The van der Waals surface area contributed by atoms with Gasteiger partial charge >= 0.3 is 23.9 Å².